The molecule has 0 bridgehead atoms. The van der Waals surface area contributed by atoms with E-state index >= 15 is 0 Å². The molecule has 5 heteroatoms. The van der Waals surface area contributed by atoms with Crippen molar-refractivity contribution in [1.82, 2.24) is 10.3 Å². The fourth-order valence-electron chi connectivity index (χ4n) is 1.80. The van der Waals surface area contributed by atoms with Gasteiger partial charge in [0.25, 0.3) is 0 Å². The lowest BCUT2D eigenvalue weighted by molar-refractivity contribution is 0.302. The van der Waals surface area contributed by atoms with Crippen LogP contribution in [0.5, 0.6) is 5.75 Å². The van der Waals surface area contributed by atoms with E-state index in [1.54, 1.807) is 11.3 Å². The molecule has 21 heavy (non-hydrogen) atoms. The van der Waals surface area contributed by atoms with E-state index in [9.17, 15) is 0 Å². The lowest BCUT2D eigenvalue weighted by Gasteiger charge is -2.13. The molecule has 0 saturated heterocycles. The van der Waals surface area contributed by atoms with Crippen LogP contribution in [0.15, 0.2) is 29.6 Å². The summed E-state index contributed by atoms with van der Waals surface area (Å²) in [6.07, 6.45) is 0. The van der Waals surface area contributed by atoms with Crippen molar-refractivity contribution < 1.29 is 4.74 Å². The monoisotopic (exact) mass is 305 g/mol. The topological polar surface area (TPSA) is 37.4 Å². The van der Waals surface area contributed by atoms with Crippen LogP contribution in [0, 0.1) is 0 Å². The second-order valence-corrected chi connectivity index (χ2v) is 6.39. The van der Waals surface area contributed by atoms with Gasteiger partial charge < -0.3 is 15.0 Å². The Balaban J connectivity index is 1.89. The molecule has 0 spiro atoms. The molecule has 0 unspecified atom stereocenters. The van der Waals surface area contributed by atoms with Gasteiger partial charge in [-0.05, 0) is 12.1 Å². The normalized spacial score (nSPS) is 10.9. The number of thiazole rings is 1. The minimum absolute atomic E-state index is 0.474. The summed E-state index contributed by atoms with van der Waals surface area (Å²) < 4.78 is 5.82. The molecular weight excluding hydrogens is 282 g/mol. The van der Waals surface area contributed by atoms with Gasteiger partial charge in [0.1, 0.15) is 17.4 Å². The van der Waals surface area contributed by atoms with Crippen molar-refractivity contribution in [3.05, 3.63) is 40.3 Å². The number of ether oxygens (including phenoxy) is 1. The van der Waals surface area contributed by atoms with Crippen molar-refractivity contribution >= 4 is 17.0 Å². The zero-order valence-electron chi connectivity index (χ0n) is 13.1. The van der Waals surface area contributed by atoms with Crippen LogP contribution in [0.25, 0.3) is 0 Å². The molecule has 1 aromatic heterocycles. The van der Waals surface area contributed by atoms with Crippen molar-refractivity contribution in [2.75, 3.05) is 19.0 Å². The Labute approximate surface area is 130 Å². The van der Waals surface area contributed by atoms with Gasteiger partial charge in [-0.1, -0.05) is 19.9 Å². The second kappa shape index (κ2) is 7.43. The molecule has 0 aliphatic heterocycles. The van der Waals surface area contributed by atoms with Crippen molar-refractivity contribution in [1.29, 1.82) is 0 Å². The van der Waals surface area contributed by atoms with Crippen molar-refractivity contribution in [3.63, 3.8) is 0 Å². The third-order valence-corrected chi connectivity index (χ3v) is 3.88. The predicted octanol–water partition coefficient (Wildman–Crippen LogP) is 3.29. The third kappa shape index (κ3) is 5.02. The highest BCUT2D eigenvalue weighted by atomic mass is 32.1. The first kappa shape index (κ1) is 15.8. The number of rotatable bonds is 7. The average Bonchev–Trinajstić information content (AvgIpc) is 2.91. The standard InChI is InChI=1S/C16H23N3OS/c1-12(2)17-9-16-18-13(11-21-16)10-20-15-7-5-6-14(8-15)19(3)4/h5-8,11-12,17H,9-10H2,1-4H3. The number of benzene rings is 1. The van der Waals surface area contributed by atoms with E-state index in [0.29, 0.717) is 12.6 Å². The number of nitrogens with one attached hydrogen (secondary N) is 1. The molecule has 0 saturated carbocycles. The van der Waals surface area contributed by atoms with Crippen LogP contribution < -0.4 is 15.0 Å². The van der Waals surface area contributed by atoms with Gasteiger partial charge in [-0.15, -0.1) is 11.3 Å². The Morgan fingerprint density at radius 1 is 1.33 bits per heavy atom. The highest BCUT2D eigenvalue weighted by molar-refractivity contribution is 7.09. The van der Waals surface area contributed by atoms with Crippen LogP contribution in [-0.2, 0) is 13.2 Å². The van der Waals surface area contributed by atoms with Crippen LogP contribution in [0.3, 0.4) is 0 Å². The van der Waals surface area contributed by atoms with Crippen molar-refractivity contribution in [3.8, 4) is 5.75 Å². The highest BCUT2D eigenvalue weighted by Crippen LogP contribution is 2.20. The molecule has 1 heterocycles. The van der Waals surface area contributed by atoms with Gasteiger partial charge >= 0.3 is 0 Å². The van der Waals surface area contributed by atoms with Gasteiger partial charge in [-0.25, -0.2) is 4.98 Å². The fourth-order valence-corrected chi connectivity index (χ4v) is 2.53. The third-order valence-electron chi connectivity index (χ3n) is 2.98. The Morgan fingerprint density at radius 2 is 2.14 bits per heavy atom. The lowest BCUT2D eigenvalue weighted by atomic mass is 10.3. The lowest BCUT2D eigenvalue weighted by Crippen LogP contribution is -2.21. The van der Waals surface area contributed by atoms with Gasteiger partial charge in [0, 0.05) is 43.8 Å². The molecule has 0 radical (unpaired) electrons. The molecular formula is C16H23N3OS. The van der Waals surface area contributed by atoms with Crippen LogP contribution in [0.4, 0.5) is 5.69 Å². The molecule has 2 aromatic rings. The van der Waals surface area contributed by atoms with E-state index in [1.807, 2.05) is 32.3 Å². The predicted molar refractivity (Wildman–Crippen MR) is 89.2 cm³/mol. The van der Waals surface area contributed by atoms with E-state index < -0.39 is 0 Å². The van der Waals surface area contributed by atoms with Gasteiger partial charge in [0.15, 0.2) is 0 Å². The molecule has 0 amide bonds. The van der Waals surface area contributed by atoms with Crippen LogP contribution >= 0.6 is 11.3 Å². The quantitative estimate of drug-likeness (QED) is 0.852. The maximum atomic E-state index is 5.82. The van der Waals surface area contributed by atoms with Gasteiger partial charge in [-0.3, -0.25) is 0 Å². The molecule has 0 aliphatic carbocycles. The minimum atomic E-state index is 0.474. The zero-order valence-corrected chi connectivity index (χ0v) is 13.9. The van der Waals surface area contributed by atoms with E-state index in [1.165, 1.54) is 0 Å². The van der Waals surface area contributed by atoms with Crippen LogP contribution in [0.1, 0.15) is 24.5 Å². The van der Waals surface area contributed by atoms with E-state index in [4.69, 9.17) is 4.74 Å². The second-order valence-electron chi connectivity index (χ2n) is 5.45. The summed E-state index contributed by atoms with van der Waals surface area (Å²) in [4.78, 5) is 6.64. The Bertz CT molecular complexity index is 566. The zero-order chi connectivity index (χ0) is 15.2. The Hall–Kier alpha value is -1.59. The number of aromatic nitrogens is 1. The van der Waals surface area contributed by atoms with Gasteiger partial charge in [0.2, 0.25) is 0 Å². The van der Waals surface area contributed by atoms with Crippen LogP contribution in [-0.4, -0.2) is 25.1 Å². The molecule has 0 atom stereocenters. The van der Waals surface area contributed by atoms with Gasteiger partial charge in [-0.2, -0.15) is 0 Å². The number of hydrogen-bond donors (Lipinski definition) is 1. The molecule has 1 aromatic carbocycles. The summed E-state index contributed by atoms with van der Waals surface area (Å²) in [6, 6.07) is 8.55. The first-order valence-corrected chi connectivity index (χ1v) is 7.99. The largest absolute Gasteiger partial charge is 0.487 e. The molecule has 2 rings (SSSR count). The Morgan fingerprint density at radius 3 is 2.86 bits per heavy atom. The molecule has 4 nitrogen and oxygen atoms in total. The maximum Gasteiger partial charge on any atom is 0.131 e. The summed E-state index contributed by atoms with van der Waals surface area (Å²) in [5.41, 5.74) is 2.11. The summed E-state index contributed by atoms with van der Waals surface area (Å²) >= 11 is 1.67. The molecule has 1 N–H and O–H groups in total. The van der Waals surface area contributed by atoms with E-state index in [2.05, 4.69) is 40.5 Å². The summed E-state index contributed by atoms with van der Waals surface area (Å²) in [5.74, 6) is 0.871. The van der Waals surface area contributed by atoms with Gasteiger partial charge in [0.05, 0.1) is 5.69 Å². The summed E-state index contributed by atoms with van der Waals surface area (Å²) in [6.45, 7) is 5.60. The summed E-state index contributed by atoms with van der Waals surface area (Å²) in [7, 11) is 4.04. The highest BCUT2D eigenvalue weighted by Gasteiger charge is 2.04. The SMILES string of the molecule is CC(C)NCc1nc(COc2cccc(N(C)C)c2)cs1. The van der Waals surface area contributed by atoms with Crippen molar-refractivity contribution in [2.45, 2.75) is 33.0 Å². The Kier molecular flexibility index (Phi) is 5.59. The first-order chi connectivity index (χ1) is 10.0. The van der Waals surface area contributed by atoms with E-state index in [-0.39, 0.29) is 0 Å². The number of nitrogens with zero attached hydrogens (tertiary/aromatic N) is 2. The molecule has 0 aliphatic rings. The summed E-state index contributed by atoms with van der Waals surface area (Å²) in [5, 5.41) is 6.53. The minimum Gasteiger partial charge on any atom is -0.487 e. The van der Waals surface area contributed by atoms with E-state index in [0.717, 1.165) is 28.7 Å². The van der Waals surface area contributed by atoms with Crippen molar-refractivity contribution in [2.24, 2.45) is 0 Å². The number of hydrogen-bond acceptors (Lipinski definition) is 5. The fraction of sp³-hybridized carbons (Fsp3) is 0.438. The average molecular weight is 305 g/mol. The molecule has 114 valence electrons. The smallest absolute Gasteiger partial charge is 0.131 e. The molecule has 0 fully saturated rings. The number of anilines is 1. The van der Waals surface area contributed by atoms with Crippen LogP contribution in [0.2, 0.25) is 0 Å². The first-order valence-electron chi connectivity index (χ1n) is 7.11. The maximum absolute atomic E-state index is 5.82.